The SMILES string of the molecule is C=COCCCCl. The van der Waals surface area contributed by atoms with Crippen molar-refractivity contribution in [3.05, 3.63) is 12.8 Å². The molecule has 0 aliphatic rings. The highest BCUT2D eigenvalue weighted by Crippen LogP contribution is 1.84. The van der Waals surface area contributed by atoms with Crippen LogP contribution in [-0.2, 0) is 4.74 Å². The van der Waals surface area contributed by atoms with Crippen LogP contribution in [0.5, 0.6) is 0 Å². The van der Waals surface area contributed by atoms with E-state index in [1.807, 2.05) is 0 Å². The minimum atomic E-state index is 0.661. The van der Waals surface area contributed by atoms with E-state index in [9.17, 15) is 0 Å². The third-order valence-corrected chi connectivity index (χ3v) is 0.781. The summed E-state index contributed by atoms with van der Waals surface area (Å²) in [5.74, 6) is 0.661. The molecule has 1 nitrogen and oxygen atoms in total. The molecule has 0 bridgehead atoms. The first-order valence-electron chi connectivity index (χ1n) is 2.20. The lowest BCUT2D eigenvalue weighted by molar-refractivity contribution is 0.252. The molecule has 7 heavy (non-hydrogen) atoms. The maximum atomic E-state index is 5.32. The van der Waals surface area contributed by atoms with E-state index in [0.717, 1.165) is 6.42 Å². The van der Waals surface area contributed by atoms with Crippen molar-refractivity contribution in [3.63, 3.8) is 0 Å². The summed E-state index contributed by atoms with van der Waals surface area (Å²) >= 11 is 5.32. The van der Waals surface area contributed by atoms with Gasteiger partial charge in [0, 0.05) is 5.88 Å². The Balaban J connectivity index is 2.56. The summed E-state index contributed by atoms with van der Waals surface area (Å²) in [5, 5.41) is 0. The lowest BCUT2D eigenvalue weighted by atomic mass is 10.5. The van der Waals surface area contributed by atoms with Crippen molar-refractivity contribution >= 4 is 11.6 Å². The van der Waals surface area contributed by atoms with Crippen LogP contribution in [0.3, 0.4) is 0 Å². The number of rotatable bonds is 4. The van der Waals surface area contributed by atoms with Gasteiger partial charge in [0.15, 0.2) is 0 Å². The van der Waals surface area contributed by atoms with Gasteiger partial charge >= 0.3 is 0 Å². The summed E-state index contributed by atoms with van der Waals surface area (Å²) < 4.78 is 4.75. The second-order valence-electron chi connectivity index (χ2n) is 1.08. The van der Waals surface area contributed by atoms with Crippen molar-refractivity contribution in [1.82, 2.24) is 0 Å². The number of alkyl halides is 1. The molecule has 0 aliphatic heterocycles. The molecule has 0 spiro atoms. The fourth-order valence-electron chi connectivity index (χ4n) is 0.221. The van der Waals surface area contributed by atoms with Gasteiger partial charge in [-0.1, -0.05) is 6.58 Å². The molecular formula is C5H9ClO. The van der Waals surface area contributed by atoms with Gasteiger partial charge in [-0.3, -0.25) is 0 Å². The molecule has 0 heterocycles. The van der Waals surface area contributed by atoms with Gasteiger partial charge in [-0.2, -0.15) is 0 Å². The Kier molecular flexibility index (Phi) is 5.69. The molecule has 0 saturated heterocycles. The second kappa shape index (κ2) is 5.83. The zero-order chi connectivity index (χ0) is 5.54. The smallest absolute Gasteiger partial charge is 0.0884 e. The van der Waals surface area contributed by atoms with Crippen molar-refractivity contribution in [1.29, 1.82) is 0 Å². The molecule has 0 fully saturated rings. The minimum absolute atomic E-state index is 0.661. The van der Waals surface area contributed by atoms with Crippen LogP contribution < -0.4 is 0 Å². The van der Waals surface area contributed by atoms with Crippen LogP contribution in [-0.4, -0.2) is 12.5 Å². The largest absolute Gasteiger partial charge is 0.502 e. The Labute approximate surface area is 48.9 Å². The second-order valence-corrected chi connectivity index (χ2v) is 1.46. The van der Waals surface area contributed by atoms with Gasteiger partial charge < -0.3 is 4.74 Å². The Hall–Kier alpha value is -0.170. The van der Waals surface area contributed by atoms with Gasteiger partial charge in [0.2, 0.25) is 0 Å². The Bertz CT molecular complexity index is 45.3. The van der Waals surface area contributed by atoms with E-state index in [4.69, 9.17) is 16.3 Å². The van der Waals surface area contributed by atoms with E-state index >= 15 is 0 Å². The molecule has 0 rings (SSSR count). The fraction of sp³-hybridized carbons (Fsp3) is 0.600. The van der Waals surface area contributed by atoms with E-state index in [-0.39, 0.29) is 0 Å². The van der Waals surface area contributed by atoms with E-state index in [2.05, 4.69) is 6.58 Å². The van der Waals surface area contributed by atoms with Crippen LogP contribution in [0.25, 0.3) is 0 Å². The summed E-state index contributed by atoms with van der Waals surface area (Å²) in [6.07, 6.45) is 2.32. The standard InChI is InChI=1S/C5H9ClO/c1-2-7-5-3-4-6/h2H,1,3-5H2. The zero-order valence-electron chi connectivity index (χ0n) is 4.19. The molecule has 42 valence electrons. The summed E-state index contributed by atoms with van der Waals surface area (Å²) in [6, 6.07) is 0. The Morgan fingerprint density at radius 2 is 2.43 bits per heavy atom. The Morgan fingerprint density at radius 1 is 1.71 bits per heavy atom. The summed E-state index contributed by atoms with van der Waals surface area (Å²) in [4.78, 5) is 0. The van der Waals surface area contributed by atoms with Crippen molar-refractivity contribution in [2.45, 2.75) is 6.42 Å². The molecule has 0 amide bonds. The minimum Gasteiger partial charge on any atom is -0.502 e. The topological polar surface area (TPSA) is 9.23 Å². The van der Waals surface area contributed by atoms with Crippen LogP contribution in [0.2, 0.25) is 0 Å². The number of hydrogen-bond donors (Lipinski definition) is 0. The predicted molar refractivity (Wildman–Crippen MR) is 31.5 cm³/mol. The van der Waals surface area contributed by atoms with Crippen molar-refractivity contribution in [2.24, 2.45) is 0 Å². The molecule has 0 unspecified atom stereocenters. The van der Waals surface area contributed by atoms with Crippen LogP contribution in [0.4, 0.5) is 0 Å². The van der Waals surface area contributed by atoms with E-state index in [0.29, 0.717) is 12.5 Å². The van der Waals surface area contributed by atoms with Gasteiger partial charge in [0.1, 0.15) is 0 Å². The first-order valence-corrected chi connectivity index (χ1v) is 2.73. The van der Waals surface area contributed by atoms with Gasteiger partial charge in [0.25, 0.3) is 0 Å². The molecule has 0 atom stereocenters. The molecule has 0 radical (unpaired) electrons. The van der Waals surface area contributed by atoms with Gasteiger partial charge in [-0.25, -0.2) is 0 Å². The van der Waals surface area contributed by atoms with Gasteiger partial charge in [-0.15, -0.1) is 11.6 Å². The third kappa shape index (κ3) is 5.83. The van der Waals surface area contributed by atoms with Crippen molar-refractivity contribution in [3.8, 4) is 0 Å². The van der Waals surface area contributed by atoms with Crippen LogP contribution in [0.1, 0.15) is 6.42 Å². The molecule has 2 heteroatoms. The average molecular weight is 121 g/mol. The first-order chi connectivity index (χ1) is 3.41. The van der Waals surface area contributed by atoms with Crippen LogP contribution >= 0.6 is 11.6 Å². The zero-order valence-corrected chi connectivity index (χ0v) is 4.95. The maximum absolute atomic E-state index is 5.32. The average Bonchev–Trinajstić information content (AvgIpc) is 1.69. The maximum Gasteiger partial charge on any atom is 0.0884 e. The molecule has 0 saturated carbocycles. The first kappa shape index (κ1) is 6.83. The highest BCUT2D eigenvalue weighted by Gasteiger charge is 1.77. The van der Waals surface area contributed by atoms with Crippen LogP contribution in [0, 0.1) is 0 Å². The third-order valence-electron chi connectivity index (χ3n) is 0.514. The highest BCUT2D eigenvalue weighted by atomic mass is 35.5. The van der Waals surface area contributed by atoms with Crippen molar-refractivity contribution < 1.29 is 4.74 Å². The van der Waals surface area contributed by atoms with Crippen molar-refractivity contribution in [2.75, 3.05) is 12.5 Å². The van der Waals surface area contributed by atoms with Gasteiger partial charge in [-0.05, 0) is 6.42 Å². The van der Waals surface area contributed by atoms with E-state index in [1.54, 1.807) is 0 Å². The lowest BCUT2D eigenvalue weighted by Crippen LogP contribution is -1.85. The van der Waals surface area contributed by atoms with E-state index < -0.39 is 0 Å². The monoisotopic (exact) mass is 120 g/mol. The molecule has 0 aromatic carbocycles. The molecule has 0 aromatic heterocycles. The molecule has 0 N–H and O–H groups in total. The summed E-state index contributed by atoms with van der Waals surface area (Å²) in [6.45, 7) is 4.05. The lowest BCUT2D eigenvalue weighted by Gasteiger charge is -1.92. The molecule has 0 aliphatic carbocycles. The quantitative estimate of drug-likeness (QED) is 0.312. The molecule has 0 aromatic rings. The highest BCUT2D eigenvalue weighted by molar-refractivity contribution is 6.17. The van der Waals surface area contributed by atoms with E-state index in [1.165, 1.54) is 6.26 Å². The van der Waals surface area contributed by atoms with Gasteiger partial charge in [0.05, 0.1) is 12.9 Å². The van der Waals surface area contributed by atoms with Crippen LogP contribution in [0.15, 0.2) is 12.8 Å². The number of ether oxygens (including phenoxy) is 1. The number of halogens is 1. The predicted octanol–water partition coefficient (Wildman–Crippen LogP) is 1.78. The number of hydrogen-bond acceptors (Lipinski definition) is 1. The molecular weight excluding hydrogens is 112 g/mol. The Morgan fingerprint density at radius 3 is 2.86 bits per heavy atom. The summed E-state index contributed by atoms with van der Waals surface area (Å²) in [7, 11) is 0. The fourth-order valence-corrected chi connectivity index (χ4v) is 0.330. The summed E-state index contributed by atoms with van der Waals surface area (Å²) in [5.41, 5.74) is 0. The normalized spacial score (nSPS) is 8.14.